The molecule has 7 heteroatoms. The summed E-state index contributed by atoms with van der Waals surface area (Å²) < 4.78 is 0. The molecule has 1 aromatic carbocycles. The van der Waals surface area contributed by atoms with Crippen molar-refractivity contribution in [3.8, 4) is 0 Å². The molecule has 0 saturated carbocycles. The number of rotatable bonds is 5. The number of fused-ring (bicyclic) bond motifs is 1. The predicted molar refractivity (Wildman–Crippen MR) is 80.1 cm³/mol. The zero-order valence-electron chi connectivity index (χ0n) is 12.3. The van der Waals surface area contributed by atoms with E-state index >= 15 is 0 Å². The van der Waals surface area contributed by atoms with Gasteiger partial charge in [0.1, 0.15) is 6.04 Å². The van der Waals surface area contributed by atoms with E-state index in [4.69, 9.17) is 5.11 Å². The molecule has 1 aliphatic heterocycles. The quantitative estimate of drug-likeness (QED) is 0.514. The van der Waals surface area contributed by atoms with E-state index in [0.717, 1.165) is 5.69 Å². The second-order valence-corrected chi connectivity index (χ2v) is 4.88. The summed E-state index contributed by atoms with van der Waals surface area (Å²) in [6, 6.07) is 6.33. The van der Waals surface area contributed by atoms with Gasteiger partial charge in [-0.3, -0.25) is 14.4 Å². The Bertz CT molecular complexity index is 588. The van der Waals surface area contributed by atoms with Crippen molar-refractivity contribution in [1.82, 2.24) is 10.6 Å². The van der Waals surface area contributed by atoms with Gasteiger partial charge in [-0.15, -0.1) is 0 Å². The number of benzene rings is 1. The average Bonchev–Trinajstić information content (AvgIpc) is 2.79. The van der Waals surface area contributed by atoms with Crippen LogP contribution in [0.25, 0.3) is 0 Å². The molecule has 1 aromatic rings. The molecule has 0 spiro atoms. The summed E-state index contributed by atoms with van der Waals surface area (Å²) in [5.41, 5.74) is 1.44. The first-order valence-electron chi connectivity index (χ1n) is 7.20. The van der Waals surface area contributed by atoms with Gasteiger partial charge in [-0.2, -0.15) is 0 Å². The number of carbonyl (C=O) groups is 3. The van der Waals surface area contributed by atoms with Crippen molar-refractivity contribution in [3.63, 3.8) is 0 Å². The SMILES string of the molecule is CCN1C(=O)C(NC(=O)C(=O)NCCCO)c2ccccc21. The highest BCUT2D eigenvalue weighted by molar-refractivity contribution is 6.35. The van der Waals surface area contributed by atoms with E-state index in [2.05, 4.69) is 10.6 Å². The first-order valence-corrected chi connectivity index (χ1v) is 7.20. The molecule has 1 heterocycles. The average molecular weight is 305 g/mol. The highest BCUT2D eigenvalue weighted by atomic mass is 16.3. The Labute approximate surface area is 128 Å². The molecular weight excluding hydrogens is 286 g/mol. The number of aliphatic hydroxyl groups excluding tert-OH is 1. The van der Waals surface area contributed by atoms with E-state index in [1.807, 2.05) is 19.1 Å². The van der Waals surface area contributed by atoms with Gasteiger partial charge >= 0.3 is 11.8 Å². The largest absolute Gasteiger partial charge is 0.396 e. The highest BCUT2D eigenvalue weighted by Gasteiger charge is 2.37. The zero-order chi connectivity index (χ0) is 16.1. The maximum Gasteiger partial charge on any atom is 0.310 e. The lowest BCUT2D eigenvalue weighted by molar-refractivity contribution is -0.140. The fourth-order valence-electron chi connectivity index (χ4n) is 2.41. The maximum absolute atomic E-state index is 12.4. The van der Waals surface area contributed by atoms with Crippen LogP contribution in [0.3, 0.4) is 0 Å². The minimum atomic E-state index is -0.857. The summed E-state index contributed by atoms with van der Waals surface area (Å²) in [5, 5.41) is 13.5. The molecule has 118 valence electrons. The summed E-state index contributed by atoms with van der Waals surface area (Å²) in [5.74, 6) is -1.92. The predicted octanol–water partition coefficient (Wildman–Crippen LogP) is -0.291. The van der Waals surface area contributed by atoms with Crippen molar-refractivity contribution >= 4 is 23.4 Å². The minimum absolute atomic E-state index is 0.0676. The molecule has 0 aromatic heterocycles. The van der Waals surface area contributed by atoms with Crippen molar-refractivity contribution in [2.75, 3.05) is 24.6 Å². The number of hydrogen-bond donors (Lipinski definition) is 3. The van der Waals surface area contributed by atoms with Gasteiger partial charge in [0.15, 0.2) is 0 Å². The molecule has 1 unspecified atom stereocenters. The zero-order valence-corrected chi connectivity index (χ0v) is 12.3. The van der Waals surface area contributed by atoms with Gasteiger partial charge in [-0.25, -0.2) is 0 Å². The van der Waals surface area contributed by atoms with Crippen molar-refractivity contribution in [2.45, 2.75) is 19.4 Å². The molecular formula is C15H19N3O4. The lowest BCUT2D eigenvalue weighted by Gasteiger charge is -2.15. The topological polar surface area (TPSA) is 98.7 Å². The van der Waals surface area contributed by atoms with Gasteiger partial charge in [0.2, 0.25) is 0 Å². The van der Waals surface area contributed by atoms with Crippen molar-refractivity contribution in [1.29, 1.82) is 0 Å². The van der Waals surface area contributed by atoms with Gasteiger partial charge in [-0.1, -0.05) is 18.2 Å². The lowest BCUT2D eigenvalue weighted by atomic mass is 10.1. The van der Waals surface area contributed by atoms with E-state index in [1.54, 1.807) is 17.0 Å². The van der Waals surface area contributed by atoms with E-state index in [0.29, 0.717) is 18.5 Å². The van der Waals surface area contributed by atoms with E-state index in [9.17, 15) is 14.4 Å². The first kappa shape index (κ1) is 16.0. The normalized spacial score (nSPS) is 16.4. The van der Waals surface area contributed by atoms with Crippen LogP contribution in [0.2, 0.25) is 0 Å². The molecule has 3 N–H and O–H groups in total. The minimum Gasteiger partial charge on any atom is -0.396 e. The summed E-state index contributed by atoms with van der Waals surface area (Å²) in [7, 11) is 0. The van der Waals surface area contributed by atoms with Crippen LogP contribution < -0.4 is 15.5 Å². The van der Waals surface area contributed by atoms with Crippen LogP contribution in [0.5, 0.6) is 0 Å². The van der Waals surface area contributed by atoms with Gasteiger partial charge in [0, 0.05) is 30.9 Å². The second-order valence-electron chi connectivity index (χ2n) is 4.88. The van der Waals surface area contributed by atoms with Gasteiger partial charge in [-0.05, 0) is 19.4 Å². The summed E-state index contributed by atoms with van der Waals surface area (Å²) >= 11 is 0. The molecule has 0 aliphatic carbocycles. The smallest absolute Gasteiger partial charge is 0.310 e. The Kier molecular flexibility index (Phi) is 5.11. The van der Waals surface area contributed by atoms with Crippen LogP contribution in [0.4, 0.5) is 5.69 Å². The molecule has 7 nitrogen and oxygen atoms in total. The van der Waals surface area contributed by atoms with Crippen molar-refractivity contribution in [3.05, 3.63) is 29.8 Å². The summed E-state index contributed by atoms with van der Waals surface area (Å²) in [6.45, 7) is 2.48. The second kappa shape index (κ2) is 7.04. The molecule has 1 aliphatic rings. The standard InChI is InChI=1S/C15H19N3O4/c1-2-18-11-7-4-3-6-10(11)12(15(18)22)17-14(21)13(20)16-8-5-9-19/h3-4,6-7,12,19H,2,5,8-9H2,1H3,(H,16,20)(H,17,21). The molecule has 0 bridgehead atoms. The van der Waals surface area contributed by atoms with Crippen LogP contribution in [0.15, 0.2) is 24.3 Å². The Balaban J connectivity index is 2.08. The molecule has 0 fully saturated rings. The van der Waals surface area contributed by atoms with Crippen molar-refractivity contribution in [2.24, 2.45) is 0 Å². The van der Waals surface area contributed by atoms with E-state index in [1.165, 1.54) is 0 Å². The number of nitrogens with zero attached hydrogens (tertiary/aromatic N) is 1. The number of nitrogens with one attached hydrogen (secondary N) is 2. The molecule has 22 heavy (non-hydrogen) atoms. The highest BCUT2D eigenvalue weighted by Crippen LogP contribution is 2.35. The third-order valence-electron chi connectivity index (χ3n) is 3.47. The number of likely N-dealkylation sites (N-methyl/N-ethyl adjacent to an activating group) is 1. The molecule has 0 saturated heterocycles. The van der Waals surface area contributed by atoms with Gasteiger partial charge < -0.3 is 20.6 Å². The molecule has 3 amide bonds. The first-order chi connectivity index (χ1) is 10.6. The number of aliphatic hydroxyl groups is 1. The van der Waals surface area contributed by atoms with Crippen LogP contribution in [-0.2, 0) is 14.4 Å². The van der Waals surface area contributed by atoms with Gasteiger partial charge in [0.25, 0.3) is 5.91 Å². The fourth-order valence-corrected chi connectivity index (χ4v) is 2.41. The van der Waals surface area contributed by atoms with Crippen LogP contribution in [0, 0.1) is 0 Å². The summed E-state index contributed by atoms with van der Waals surface area (Å²) in [4.78, 5) is 37.5. The van der Waals surface area contributed by atoms with Crippen LogP contribution in [0.1, 0.15) is 24.9 Å². The lowest BCUT2D eigenvalue weighted by Crippen LogP contribution is -2.44. The summed E-state index contributed by atoms with van der Waals surface area (Å²) in [6.07, 6.45) is 0.369. The maximum atomic E-state index is 12.4. The van der Waals surface area contributed by atoms with Crippen molar-refractivity contribution < 1.29 is 19.5 Å². The molecule has 0 radical (unpaired) electrons. The fraction of sp³-hybridized carbons (Fsp3) is 0.400. The van der Waals surface area contributed by atoms with E-state index in [-0.39, 0.29) is 19.1 Å². The van der Waals surface area contributed by atoms with Crippen LogP contribution in [-0.4, -0.2) is 42.5 Å². The third-order valence-corrected chi connectivity index (χ3v) is 3.47. The Morgan fingerprint density at radius 1 is 1.27 bits per heavy atom. The molecule has 1 atom stereocenters. The van der Waals surface area contributed by atoms with Gasteiger partial charge in [0.05, 0.1) is 0 Å². The number of anilines is 1. The van der Waals surface area contributed by atoms with Crippen LogP contribution >= 0.6 is 0 Å². The Morgan fingerprint density at radius 2 is 2.00 bits per heavy atom. The monoisotopic (exact) mass is 305 g/mol. The third kappa shape index (κ3) is 3.09. The number of para-hydroxylation sites is 1. The number of amides is 3. The number of hydrogen-bond acceptors (Lipinski definition) is 4. The Hall–Kier alpha value is -2.41. The molecule has 2 rings (SSSR count). The number of carbonyl (C=O) groups excluding carboxylic acids is 3. The van der Waals surface area contributed by atoms with E-state index < -0.39 is 17.9 Å². The Morgan fingerprint density at radius 3 is 2.68 bits per heavy atom.